The van der Waals surface area contributed by atoms with Crippen molar-refractivity contribution < 1.29 is 15.0 Å². The van der Waals surface area contributed by atoms with E-state index >= 15 is 0 Å². The van der Waals surface area contributed by atoms with Gasteiger partial charge in [-0.1, -0.05) is 46.8 Å². The first-order valence-electron chi connectivity index (χ1n) is 13.8. The van der Waals surface area contributed by atoms with Crippen LogP contribution in [0.25, 0.3) is 0 Å². The number of carboxylic acids is 1. The molecule has 5 saturated carbocycles. The number of aliphatic carboxylic acids is 1. The molecule has 0 amide bonds. The minimum atomic E-state index is -0.538. The van der Waals surface area contributed by atoms with Crippen molar-refractivity contribution in [2.24, 2.45) is 56.7 Å². The van der Waals surface area contributed by atoms with Gasteiger partial charge in [-0.3, -0.25) is 4.79 Å². The summed E-state index contributed by atoms with van der Waals surface area (Å²) >= 11 is 0. The molecule has 186 valence electrons. The Morgan fingerprint density at radius 2 is 1.52 bits per heavy atom. The SMILES string of the molecule is C=C(C)C1CCC2(C(=O)O)CC[C@]3(C)[C@H](CC[C@@H]4[C@@]5(C)CC[C@H](O)C(C)(C)[C@@H]5CC[C@]43C)C12. The number of carbonyl (C=O) groups is 1. The molecule has 0 bridgehead atoms. The van der Waals surface area contributed by atoms with E-state index in [0.29, 0.717) is 23.7 Å². The van der Waals surface area contributed by atoms with Gasteiger partial charge in [-0.2, -0.15) is 0 Å². The van der Waals surface area contributed by atoms with Crippen molar-refractivity contribution >= 4 is 5.97 Å². The molecule has 2 N–H and O–H groups in total. The van der Waals surface area contributed by atoms with E-state index < -0.39 is 11.4 Å². The smallest absolute Gasteiger partial charge is 0.309 e. The van der Waals surface area contributed by atoms with Crippen LogP contribution in [0.3, 0.4) is 0 Å². The predicted octanol–water partition coefficient (Wildman–Crippen LogP) is 7.09. The Labute approximate surface area is 201 Å². The fourth-order valence-corrected chi connectivity index (χ4v) is 11.5. The lowest BCUT2D eigenvalue weighted by atomic mass is 9.32. The number of aliphatic hydroxyl groups excluding tert-OH is 1. The fraction of sp³-hybridized carbons (Fsp3) is 0.900. The molecule has 0 aromatic carbocycles. The second-order valence-corrected chi connectivity index (χ2v) is 14.5. The molecular weight excluding hydrogens is 408 g/mol. The lowest BCUT2D eigenvalue weighted by Crippen LogP contribution is -2.67. The Balaban J connectivity index is 1.57. The number of rotatable bonds is 2. The number of aliphatic hydroxyl groups is 1. The van der Waals surface area contributed by atoms with Crippen molar-refractivity contribution in [1.29, 1.82) is 0 Å². The molecule has 3 nitrogen and oxygen atoms in total. The van der Waals surface area contributed by atoms with Crippen LogP contribution in [0.4, 0.5) is 0 Å². The topological polar surface area (TPSA) is 57.5 Å². The fourth-order valence-electron chi connectivity index (χ4n) is 11.5. The van der Waals surface area contributed by atoms with E-state index in [9.17, 15) is 15.0 Å². The van der Waals surface area contributed by atoms with E-state index in [2.05, 4.69) is 48.1 Å². The molecular formula is C30H48O3. The van der Waals surface area contributed by atoms with E-state index in [-0.39, 0.29) is 33.7 Å². The van der Waals surface area contributed by atoms with Gasteiger partial charge in [-0.25, -0.2) is 0 Å². The minimum Gasteiger partial charge on any atom is -0.481 e. The van der Waals surface area contributed by atoms with Gasteiger partial charge >= 0.3 is 5.97 Å². The summed E-state index contributed by atoms with van der Waals surface area (Å²) in [6.07, 6.45) is 10.5. The summed E-state index contributed by atoms with van der Waals surface area (Å²) < 4.78 is 0. The lowest BCUT2D eigenvalue weighted by Gasteiger charge is -2.72. The van der Waals surface area contributed by atoms with Gasteiger partial charge in [0.25, 0.3) is 0 Å². The normalized spacial score (nSPS) is 55.0. The van der Waals surface area contributed by atoms with Crippen molar-refractivity contribution in [3.05, 3.63) is 12.2 Å². The zero-order valence-corrected chi connectivity index (χ0v) is 22.0. The molecule has 0 radical (unpaired) electrons. The van der Waals surface area contributed by atoms with Crippen molar-refractivity contribution in [1.82, 2.24) is 0 Å². The maximum atomic E-state index is 12.8. The van der Waals surface area contributed by atoms with Crippen LogP contribution in [0.2, 0.25) is 0 Å². The number of hydrogen-bond acceptors (Lipinski definition) is 2. The van der Waals surface area contributed by atoms with Crippen molar-refractivity contribution in [2.45, 2.75) is 112 Å². The molecule has 10 atom stereocenters. The first-order valence-corrected chi connectivity index (χ1v) is 13.8. The van der Waals surface area contributed by atoms with E-state index in [1.165, 1.54) is 31.3 Å². The Bertz CT molecular complexity index is 861. The lowest BCUT2D eigenvalue weighted by molar-refractivity contribution is -0.248. The first kappa shape index (κ1) is 23.9. The molecule has 0 heterocycles. The van der Waals surface area contributed by atoms with Crippen LogP contribution in [0.1, 0.15) is 106 Å². The summed E-state index contributed by atoms with van der Waals surface area (Å²) in [6, 6.07) is 0. The van der Waals surface area contributed by atoms with Gasteiger partial charge in [-0.15, -0.1) is 0 Å². The van der Waals surface area contributed by atoms with Gasteiger partial charge in [0.15, 0.2) is 0 Å². The van der Waals surface area contributed by atoms with E-state index in [4.69, 9.17) is 0 Å². The number of hydrogen-bond donors (Lipinski definition) is 2. The number of fused-ring (bicyclic) bond motifs is 7. The molecule has 0 aromatic rings. The van der Waals surface area contributed by atoms with Crippen LogP contribution in [-0.2, 0) is 4.79 Å². The molecule has 0 saturated heterocycles. The Kier molecular flexibility index (Phi) is 5.15. The molecule has 0 aliphatic heterocycles. The summed E-state index contributed by atoms with van der Waals surface area (Å²) in [5.41, 5.74) is 1.35. The molecule has 3 unspecified atom stereocenters. The number of carboxylic acid groups (broad SMARTS) is 1. The Hall–Kier alpha value is -0.830. The molecule has 0 aromatic heterocycles. The van der Waals surface area contributed by atoms with E-state index in [1.54, 1.807) is 0 Å². The Morgan fingerprint density at radius 1 is 0.818 bits per heavy atom. The van der Waals surface area contributed by atoms with Crippen LogP contribution in [0.5, 0.6) is 0 Å². The highest BCUT2D eigenvalue weighted by Gasteiger charge is 2.71. The Morgan fingerprint density at radius 3 is 2.15 bits per heavy atom. The third-order valence-corrected chi connectivity index (χ3v) is 13.5. The maximum absolute atomic E-state index is 12.8. The van der Waals surface area contributed by atoms with Crippen LogP contribution in [-0.4, -0.2) is 22.3 Å². The van der Waals surface area contributed by atoms with Crippen LogP contribution >= 0.6 is 0 Å². The zero-order valence-electron chi connectivity index (χ0n) is 22.0. The van der Waals surface area contributed by atoms with Gasteiger partial charge in [0.1, 0.15) is 0 Å². The molecule has 5 aliphatic rings. The summed E-state index contributed by atoms with van der Waals surface area (Å²) in [4.78, 5) is 12.8. The number of allylic oxidation sites excluding steroid dienone is 1. The highest BCUT2D eigenvalue weighted by molar-refractivity contribution is 5.76. The van der Waals surface area contributed by atoms with Gasteiger partial charge in [0.05, 0.1) is 11.5 Å². The average molecular weight is 457 g/mol. The average Bonchev–Trinajstić information content (AvgIpc) is 3.13. The summed E-state index contributed by atoms with van der Waals surface area (Å²) in [5.74, 6) is 1.79. The second-order valence-electron chi connectivity index (χ2n) is 14.5. The van der Waals surface area contributed by atoms with E-state index in [1.807, 2.05) is 0 Å². The molecule has 5 rings (SSSR count). The van der Waals surface area contributed by atoms with Crippen molar-refractivity contribution in [3.8, 4) is 0 Å². The summed E-state index contributed by atoms with van der Waals surface area (Å²) in [5, 5.41) is 21.4. The molecule has 33 heavy (non-hydrogen) atoms. The predicted molar refractivity (Wildman–Crippen MR) is 133 cm³/mol. The van der Waals surface area contributed by atoms with Crippen LogP contribution < -0.4 is 0 Å². The van der Waals surface area contributed by atoms with Gasteiger partial charge in [0.2, 0.25) is 0 Å². The third kappa shape index (κ3) is 2.75. The molecule has 5 aliphatic carbocycles. The molecule has 3 heteroatoms. The highest BCUT2D eigenvalue weighted by atomic mass is 16.4. The van der Waals surface area contributed by atoms with Gasteiger partial charge in [0, 0.05) is 0 Å². The quantitative estimate of drug-likeness (QED) is 0.436. The summed E-state index contributed by atoms with van der Waals surface area (Å²) in [6.45, 7) is 18.8. The van der Waals surface area contributed by atoms with Crippen LogP contribution in [0.15, 0.2) is 12.2 Å². The summed E-state index contributed by atoms with van der Waals surface area (Å²) in [7, 11) is 0. The van der Waals surface area contributed by atoms with Crippen molar-refractivity contribution in [2.75, 3.05) is 0 Å². The first-order chi connectivity index (χ1) is 15.3. The second kappa shape index (κ2) is 7.11. The van der Waals surface area contributed by atoms with Gasteiger partial charge in [-0.05, 0) is 122 Å². The maximum Gasteiger partial charge on any atom is 0.309 e. The van der Waals surface area contributed by atoms with Gasteiger partial charge < -0.3 is 10.2 Å². The standard InChI is InChI=1S/C30H48O3/c1-18(2)19-10-15-30(25(32)33)17-16-28(6)20(24(19)30)8-9-22-27(5)13-12-23(31)26(3,4)21(27)11-14-29(22,28)7/h19-24,31H,1,8-17H2,2-7H3,(H,32,33)/t19?,20-,21+,22-,23+,24?,27+,28-,29-,30?/m1/s1. The highest BCUT2D eigenvalue weighted by Crippen LogP contribution is 2.77. The monoisotopic (exact) mass is 456 g/mol. The molecule has 5 fully saturated rings. The van der Waals surface area contributed by atoms with Crippen molar-refractivity contribution in [3.63, 3.8) is 0 Å². The molecule has 0 spiro atoms. The van der Waals surface area contributed by atoms with E-state index in [0.717, 1.165) is 38.5 Å². The largest absolute Gasteiger partial charge is 0.481 e. The third-order valence-electron chi connectivity index (χ3n) is 13.5. The minimum absolute atomic E-state index is 0.0202. The van der Waals surface area contributed by atoms with Crippen LogP contribution in [0, 0.1) is 56.7 Å². The zero-order chi connectivity index (χ0) is 24.2.